The molecule has 4 heteroatoms. The number of hydrogen-bond acceptors (Lipinski definition) is 3. The van der Waals surface area contributed by atoms with Crippen molar-refractivity contribution in [1.82, 2.24) is 4.90 Å². The van der Waals surface area contributed by atoms with Crippen LogP contribution in [0.15, 0.2) is 66.4 Å². The van der Waals surface area contributed by atoms with Crippen molar-refractivity contribution in [3.8, 4) is 0 Å². The molecular weight excluding hydrogens is 303 g/mol. The Bertz CT molecular complexity index is 717. The maximum absolute atomic E-state index is 13.0. The van der Waals surface area contributed by atoms with Gasteiger partial charge < -0.3 is 9.80 Å². The summed E-state index contributed by atoms with van der Waals surface area (Å²) in [4.78, 5) is 16.7. The fraction of sp³-hybridized carbons (Fsp3) is 0.250. The summed E-state index contributed by atoms with van der Waals surface area (Å²) in [6.07, 6.45) is 1.71. The van der Waals surface area contributed by atoms with Crippen LogP contribution in [0.4, 0.5) is 10.1 Å². The molecule has 124 valence electrons. The number of hydrogen-bond donors (Lipinski definition) is 0. The molecule has 2 aromatic rings. The molecule has 0 spiro atoms. The van der Waals surface area contributed by atoms with Crippen LogP contribution in [0.5, 0.6) is 0 Å². The van der Waals surface area contributed by atoms with Crippen molar-refractivity contribution in [2.75, 3.05) is 31.1 Å². The third-order valence-corrected chi connectivity index (χ3v) is 4.37. The molecule has 1 heterocycles. The van der Waals surface area contributed by atoms with E-state index in [9.17, 15) is 9.18 Å². The molecule has 0 amide bonds. The Morgan fingerprint density at radius 1 is 0.958 bits per heavy atom. The van der Waals surface area contributed by atoms with Crippen LogP contribution in [0, 0.1) is 5.82 Å². The Hall–Kier alpha value is -2.62. The van der Waals surface area contributed by atoms with Crippen LogP contribution in [0.1, 0.15) is 17.3 Å². The van der Waals surface area contributed by atoms with Crippen molar-refractivity contribution in [2.45, 2.75) is 6.92 Å². The number of rotatable bonds is 4. The van der Waals surface area contributed by atoms with Crippen molar-refractivity contribution in [1.29, 1.82) is 0 Å². The van der Waals surface area contributed by atoms with Crippen LogP contribution < -0.4 is 4.90 Å². The number of allylic oxidation sites excluding steroid dienone is 2. The van der Waals surface area contributed by atoms with Gasteiger partial charge in [-0.2, -0.15) is 0 Å². The highest BCUT2D eigenvalue weighted by molar-refractivity contribution is 6.04. The van der Waals surface area contributed by atoms with E-state index in [0.29, 0.717) is 5.56 Å². The minimum Gasteiger partial charge on any atom is -0.371 e. The molecular formula is C20H21FN2O. The van der Waals surface area contributed by atoms with Gasteiger partial charge in [-0.25, -0.2) is 4.39 Å². The van der Waals surface area contributed by atoms with Crippen LogP contribution in [0.3, 0.4) is 0 Å². The largest absolute Gasteiger partial charge is 0.371 e. The van der Waals surface area contributed by atoms with E-state index in [0.717, 1.165) is 37.6 Å². The van der Waals surface area contributed by atoms with Crippen molar-refractivity contribution in [2.24, 2.45) is 0 Å². The molecule has 1 fully saturated rings. The summed E-state index contributed by atoms with van der Waals surface area (Å²) >= 11 is 0. The first-order chi connectivity index (χ1) is 11.6. The molecule has 0 N–H and O–H groups in total. The highest BCUT2D eigenvalue weighted by atomic mass is 19.1. The van der Waals surface area contributed by atoms with Crippen molar-refractivity contribution < 1.29 is 9.18 Å². The predicted octanol–water partition coefficient (Wildman–Crippen LogP) is 3.73. The maximum atomic E-state index is 13.0. The topological polar surface area (TPSA) is 23.6 Å². The van der Waals surface area contributed by atoms with E-state index in [-0.39, 0.29) is 11.6 Å². The zero-order valence-corrected chi connectivity index (χ0v) is 13.8. The quantitative estimate of drug-likeness (QED) is 0.632. The number of ketones is 1. The Morgan fingerprint density at radius 2 is 1.58 bits per heavy atom. The fourth-order valence-corrected chi connectivity index (χ4v) is 2.94. The van der Waals surface area contributed by atoms with Gasteiger partial charge >= 0.3 is 0 Å². The van der Waals surface area contributed by atoms with Gasteiger partial charge in [0.05, 0.1) is 0 Å². The van der Waals surface area contributed by atoms with Gasteiger partial charge in [-0.3, -0.25) is 4.79 Å². The van der Waals surface area contributed by atoms with Gasteiger partial charge in [0.1, 0.15) is 5.82 Å². The summed E-state index contributed by atoms with van der Waals surface area (Å²) in [6.45, 7) is 5.39. The second kappa shape index (κ2) is 7.30. The zero-order chi connectivity index (χ0) is 16.9. The molecule has 0 radical (unpaired) electrons. The van der Waals surface area contributed by atoms with E-state index in [1.807, 2.05) is 49.4 Å². The fourth-order valence-electron chi connectivity index (χ4n) is 2.94. The number of nitrogens with zero attached hydrogens (tertiary/aromatic N) is 2. The van der Waals surface area contributed by atoms with E-state index in [4.69, 9.17) is 0 Å². The Kier molecular flexibility index (Phi) is 4.94. The normalized spacial score (nSPS) is 15.5. The van der Waals surface area contributed by atoms with Crippen LogP contribution in [0.2, 0.25) is 0 Å². The summed E-state index contributed by atoms with van der Waals surface area (Å²) in [6, 6.07) is 15.9. The standard InChI is InChI=1S/C20H21FN2O/c1-16(15-20(24)17-5-3-2-4-6-17)22-11-13-23(14-12-22)19-9-7-18(21)8-10-19/h2-10,15H,11-14H2,1H3/b16-15-. The number of carbonyl (C=O) groups is 1. The van der Waals surface area contributed by atoms with Crippen LogP contribution in [-0.2, 0) is 0 Å². The summed E-state index contributed by atoms with van der Waals surface area (Å²) in [5.74, 6) is -0.176. The van der Waals surface area contributed by atoms with Crippen LogP contribution >= 0.6 is 0 Å². The van der Waals surface area contributed by atoms with Gasteiger partial charge in [0.15, 0.2) is 5.78 Å². The average Bonchev–Trinajstić information content (AvgIpc) is 2.63. The number of anilines is 1. The van der Waals surface area contributed by atoms with Gasteiger partial charge in [-0.05, 0) is 31.2 Å². The van der Waals surface area contributed by atoms with E-state index < -0.39 is 0 Å². The van der Waals surface area contributed by atoms with E-state index in [1.54, 1.807) is 6.08 Å². The number of benzene rings is 2. The smallest absolute Gasteiger partial charge is 0.187 e. The van der Waals surface area contributed by atoms with E-state index in [1.165, 1.54) is 12.1 Å². The minimum absolute atomic E-state index is 0.0362. The molecule has 3 nitrogen and oxygen atoms in total. The third kappa shape index (κ3) is 3.82. The van der Waals surface area contributed by atoms with Crippen molar-refractivity contribution >= 4 is 11.5 Å². The monoisotopic (exact) mass is 324 g/mol. The molecule has 24 heavy (non-hydrogen) atoms. The van der Waals surface area contributed by atoms with Crippen LogP contribution in [0.25, 0.3) is 0 Å². The second-order valence-electron chi connectivity index (χ2n) is 5.97. The minimum atomic E-state index is -0.212. The van der Waals surface area contributed by atoms with Gasteiger partial charge in [0, 0.05) is 49.2 Å². The molecule has 3 rings (SSSR count). The highest BCUT2D eigenvalue weighted by Gasteiger charge is 2.18. The molecule has 1 saturated heterocycles. The summed E-state index contributed by atoms with van der Waals surface area (Å²) in [5, 5.41) is 0. The lowest BCUT2D eigenvalue weighted by molar-refractivity contribution is 0.104. The summed E-state index contributed by atoms with van der Waals surface area (Å²) in [7, 11) is 0. The van der Waals surface area contributed by atoms with Crippen molar-refractivity contribution in [3.63, 3.8) is 0 Å². The number of piperazine rings is 1. The first-order valence-electron chi connectivity index (χ1n) is 8.16. The molecule has 2 aromatic carbocycles. The first-order valence-corrected chi connectivity index (χ1v) is 8.16. The first kappa shape index (κ1) is 16.2. The third-order valence-electron chi connectivity index (χ3n) is 4.37. The molecule has 0 saturated carbocycles. The Balaban J connectivity index is 1.60. The van der Waals surface area contributed by atoms with Crippen LogP contribution in [-0.4, -0.2) is 36.9 Å². The molecule has 1 aliphatic heterocycles. The van der Waals surface area contributed by atoms with Crippen molar-refractivity contribution in [3.05, 3.63) is 77.8 Å². The van der Waals surface area contributed by atoms with Gasteiger partial charge in [-0.1, -0.05) is 30.3 Å². The molecule has 1 aliphatic rings. The molecule has 0 bridgehead atoms. The maximum Gasteiger partial charge on any atom is 0.187 e. The molecule has 0 aliphatic carbocycles. The second-order valence-corrected chi connectivity index (χ2v) is 5.97. The Morgan fingerprint density at radius 3 is 2.21 bits per heavy atom. The van der Waals surface area contributed by atoms with E-state index >= 15 is 0 Å². The predicted molar refractivity (Wildman–Crippen MR) is 94.7 cm³/mol. The number of carbonyl (C=O) groups excluding carboxylic acids is 1. The zero-order valence-electron chi connectivity index (χ0n) is 13.8. The number of halogens is 1. The van der Waals surface area contributed by atoms with E-state index in [2.05, 4.69) is 9.80 Å². The lowest BCUT2D eigenvalue weighted by Crippen LogP contribution is -2.45. The lowest BCUT2D eigenvalue weighted by atomic mass is 10.1. The summed E-state index contributed by atoms with van der Waals surface area (Å²) < 4.78 is 13.0. The molecule has 0 unspecified atom stereocenters. The van der Waals surface area contributed by atoms with Gasteiger partial charge in [-0.15, -0.1) is 0 Å². The molecule has 0 atom stereocenters. The van der Waals surface area contributed by atoms with Gasteiger partial charge in [0.2, 0.25) is 0 Å². The van der Waals surface area contributed by atoms with Gasteiger partial charge in [0.25, 0.3) is 0 Å². The average molecular weight is 324 g/mol. The highest BCUT2D eigenvalue weighted by Crippen LogP contribution is 2.18. The molecule has 0 aromatic heterocycles. The Labute approximate surface area is 142 Å². The summed E-state index contributed by atoms with van der Waals surface area (Å²) in [5.41, 5.74) is 2.74. The lowest BCUT2D eigenvalue weighted by Gasteiger charge is -2.37. The SMILES string of the molecule is C/C(=C/C(=O)c1ccccc1)N1CCN(c2ccc(F)cc2)CC1.